The molecule has 2 aromatic rings. The third kappa shape index (κ3) is 5.14. The minimum absolute atomic E-state index is 0.134. The Morgan fingerprint density at radius 2 is 1.77 bits per heavy atom. The fraction of sp³-hybridized carbons (Fsp3) is 0.263. The minimum Gasteiger partial charge on any atom is -0.486 e. The van der Waals surface area contributed by atoms with E-state index in [1.54, 1.807) is 18.2 Å². The highest BCUT2D eigenvalue weighted by Crippen LogP contribution is 2.32. The van der Waals surface area contributed by atoms with Crippen LogP contribution in [-0.4, -0.2) is 31.8 Å². The van der Waals surface area contributed by atoms with Crippen molar-refractivity contribution in [2.75, 3.05) is 25.1 Å². The molecule has 0 atom stereocenters. The Morgan fingerprint density at radius 3 is 2.58 bits per heavy atom. The molecule has 136 valence electrons. The average molecular weight is 356 g/mol. The molecular formula is C19H20N2O5. The quantitative estimate of drug-likeness (QED) is 0.831. The molecule has 3 rings (SSSR count). The van der Waals surface area contributed by atoms with Crippen molar-refractivity contribution in [3.63, 3.8) is 0 Å². The molecule has 0 saturated heterocycles. The van der Waals surface area contributed by atoms with Crippen LogP contribution in [0.15, 0.2) is 48.5 Å². The van der Waals surface area contributed by atoms with E-state index in [4.69, 9.17) is 14.2 Å². The van der Waals surface area contributed by atoms with Crippen LogP contribution in [0.25, 0.3) is 0 Å². The molecule has 2 N–H and O–H groups in total. The molecule has 0 aromatic heterocycles. The van der Waals surface area contributed by atoms with E-state index in [0.717, 1.165) is 5.56 Å². The fourth-order valence-corrected chi connectivity index (χ4v) is 2.40. The molecule has 0 saturated carbocycles. The molecule has 0 bridgehead atoms. The van der Waals surface area contributed by atoms with Crippen molar-refractivity contribution < 1.29 is 23.8 Å². The highest BCUT2D eigenvalue weighted by Gasteiger charge is 2.13. The van der Waals surface area contributed by atoms with E-state index < -0.39 is 6.09 Å². The van der Waals surface area contributed by atoms with Crippen LogP contribution < -0.4 is 20.1 Å². The van der Waals surface area contributed by atoms with E-state index >= 15 is 0 Å². The van der Waals surface area contributed by atoms with Crippen LogP contribution in [0, 0.1) is 0 Å². The summed E-state index contributed by atoms with van der Waals surface area (Å²) in [4.78, 5) is 23.6. The smallest absolute Gasteiger partial charge is 0.407 e. The normalized spacial score (nSPS) is 12.2. The summed E-state index contributed by atoms with van der Waals surface area (Å²) in [5.74, 6) is 1.05. The molecule has 2 aromatic carbocycles. The molecule has 0 aliphatic carbocycles. The number of alkyl carbamates (subject to hydrolysis) is 1. The van der Waals surface area contributed by atoms with Crippen LogP contribution in [-0.2, 0) is 16.1 Å². The van der Waals surface area contributed by atoms with Crippen molar-refractivity contribution in [3.05, 3.63) is 54.1 Å². The maximum atomic E-state index is 12.0. The third-order valence-corrected chi connectivity index (χ3v) is 3.66. The Balaban J connectivity index is 1.37. The second kappa shape index (κ2) is 8.75. The van der Waals surface area contributed by atoms with Crippen molar-refractivity contribution in [1.82, 2.24) is 5.32 Å². The van der Waals surface area contributed by atoms with Gasteiger partial charge in [-0.05, 0) is 17.7 Å². The van der Waals surface area contributed by atoms with Crippen LogP contribution in [0.4, 0.5) is 10.5 Å². The Hall–Kier alpha value is -3.22. The lowest BCUT2D eigenvalue weighted by Gasteiger charge is -2.19. The van der Waals surface area contributed by atoms with Gasteiger partial charge in [-0.3, -0.25) is 4.79 Å². The number of carbonyl (C=O) groups excluding carboxylic acids is 2. The first kappa shape index (κ1) is 17.6. The first-order valence-electron chi connectivity index (χ1n) is 8.35. The van der Waals surface area contributed by atoms with E-state index in [2.05, 4.69) is 10.6 Å². The second-order valence-electron chi connectivity index (χ2n) is 5.65. The van der Waals surface area contributed by atoms with Gasteiger partial charge in [0.1, 0.15) is 19.8 Å². The van der Waals surface area contributed by atoms with Gasteiger partial charge < -0.3 is 24.8 Å². The zero-order valence-electron chi connectivity index (χ0n) is 14.2. The fourth-order valence-electron chi connectivity index (χ4n) is 2.40. The Bertz CT molecular complexity index is 764. The van der Waals surface area contributed by atoms with Gasteiger partial charge in [0.15, 0.2) is 11.5 Å². The van der Waals surface area contributed by atoms with Crippen LogP contribution in [0.5, 0.6) is 11.5 Å². The van der Waals surface area contributed by atoms with E-state index in [9.17, 15) is 9.59 Å². The van der Waals surface area contributed by atoms with Gasteiger partial charge in [0.05, 0.1) is 0 Å². The first-order valence-corrected chi connectivity index (χ1v) is 8.35. The molecule has 2 amide bonds. The first-order chi connectivity index (χ1) is 12.7. The highest BCUT2D eigenvalue weighted by atomic mass is 16.6. The van der Waals surface area contributed by atoms with Gasteiger partial charge in [0.2, 0.25) is 5.91 Å². The van der Waals surface area contributed by atoms with Crippen molar-refractivity contribution in [3.8, 4) is 11.5 Å². The summed E-state index contributed by atoms with van der Waals surface area (Å²) >= 11 is 0. The lowest BCUT2D eigenvalue weighted by Crippen LogP contribution is -2.28. The standard InChI is InChI=1S/C19H20N2O5/c22-18(21-15-6-7-16-17(12-15)25-11-10-24-16)8-9-20-19(23)26-13-14-4-2-1-3-5-14/h1-7,12H,8-11,13H2,(H,20,23)(H,21,22). The molecule has 0 radical (unpaired) electrons. The number of benzene rings is 2. The molecule has 26 heavy (non-hydrogen) atoms. The largest absolute Gasteiger partial charge is 0.486 e. The number of carbonyl (C=O) groups is 2. The summed E-state index contributed by atoms with van der Waals surface area (Å²) in [5, 5.41) is 5.31. The molecular weight excluding hydrogens is 336 g/mol. The minimum atomic E-state index is -0.555. The summed E-state index contributed by atoms with van der Waals surface area (Å²) in [6, 6.07) is 14.6. The molecule has 7 nitrogen and oxygen atoms in total. The number of fused-ring (bicyclic) bond motifs is 1. The van der Waals surface area contributed by atoms with Gasteiger partial charge in [0.25, 0.3) is 0 Å². The summed E-state index contributed by atoms with van der Waals surface area (Å²) in [6.07, 6.45) is -0.421. The monoisotopic (exact) mass is 356 g/mol. The molecule has 7 heteroatoms. The maximum absolute atomic E-state index is 12.0. The third-order valence-electron chi connectivity index (χ3n) is 3.66. The molecule has 1 heterocycles. The SMILES string of the molecule is O=C(CCNC(=O)OCc1ccccc1)Nc1ccc2c(c1)OCCO2. The van der Waals surface area contributed by atoms with Crippen LogP contribution >= 0.6 is 0 Å². The molecule has 0 fully saturated rings. The van der Waals surface area contributed by atoms with Gasteiger partial charge in [-0.2, -0.15) is 0 Å². The molecule has 1 aliphatic heterocycles. The summed E-state index contributed by atoms with van der Waals surface area (Å²) in [7, 11) is 0. The predicted octanol–water partition coefficient (Wildman–Crippen LogP) is 2.71. The van der Waals surface area contributed by atoms with E-state index in [1.165, 1.54) is 0 Å². The Kier molecular flexibility index (Phi) is 5.92. The molecule has 0 spiro atoms. The number of anilines is 1. The number of ether oxygens (including phenoxy) is 3. The number of rotatable bonds is 6. The molecule has 0 unspecified atom stereocenters. The van der Waals surface area contributed by atoms with Gasteiger partial charge in [-0.15, -0.1) is 0 Å². The topological polar surface area (TPSA) is 85.9 Å². The van der Waals surface area contributed by atoms with E-state index in [0.29, 0.717) is 30.4 Å². The predicted molar refractivity (Wildman–Crippen MR) is 95.3 cm³/mol. The zero-order chi connectivity index (χ0) is 18.2. The van der Waals surface area contributed by atoms with Crippen molar-refractivity contribution in [1.29, 1.82) is 0 Å². The average Bonchev–Trinajstić information content (AvgIpc) is 2.67. The summed E-state index contributed by atoms with van der Waals surface area (Å²) in [6.45, 7) is 1.38. The number of hydrogen-bond donors (Lipinski definition) is 2. The lowest BCUT2D eigenvalue weighted by molar-refractivity contribution is -0.116. The highest BCUT2D eigenvalue weighted by molar-refractivity contribution is 5.91. The second-order valence-corrected chi connectivity index (χ2v) is 5.65. The Morgan fingerprint density at radius 1 is 1.00 bits per heavy atom. The number of hydrogen-bond acceptors (Lipinski definition) is 5. The van der Waals surface area contributed by atoms with Gasteiger partial charge in [-0.25, -0.2) is 4.79 Å². The van der Waals surface area contributed by atoms with Gasteiger partial charge in [-0.1, -0.05) is 30.3 Å². The van der Waals surface area contributed by atoms with Crippen molar-refractivity contribution >= 4 is 17.7 Å². The van der Waals surface area contributed by atoms with Crippen LogP contribution in [0.2, 0.25) is 0 Å². The van der Waals surface area contributed by atoms with Crippen molar-refractivity contribution in [2.45, 2.75) is 13.0 Å². The van der Waals surface area contributed by atoms with E-state index in [1.807, 2.05) is 30.3 Å². The van der Waals surface area contributed by atoms with Crippen molar-refractivity contribution in [2.24, 2.45) is 0 Å². The van der Waals surface area contributed by atoms with Crippen LogP contribution in [0.3, 0.4) is 0 Å². The number of nitrogens with one attached hydrogen (secondary N) is 2. The van der Waals surface area contributed by atoms with Crippen LogP contribution in [0.1, 0.15) is 12.0 Å². The Labute approximate surface area is 151 Å². The molecule has 1 aliphatic rings. The summed E-state index contributed by atoms with van der Waals surface area (Å²) < 4.78 is 16.0. The maximum Gasteiger partial charge on any atom is 0.407 e. The zero-order valence-corrected chi connectivity index (χ0v) is 14.2. The number of amides is 2. The van der Waals surface area contributed by atoms with Gasteiger partial charge >= 0.3 is 6.09 Å². The van der Waals surface area contributed by atoms with Gasteiger partial charge in [0, 0.05) is 24.7 Å². The summed E-state index contributed by atoms with van der Waals surface area (Å²) in [5.41, 5.74) is 1.52. The lowest BCUT2D eigenvalue weighted by atomic mass is 10.2. The van der Waals surface area contributed by atoms with E-state index in [-0.39, 0.29) is 25.5 Å².